The quantitative estimate of drug-likeness (QED) is 0.138. The van der Waals surface area contributed by atoms with Gasteiger partial charge in [0.15, 0.2) is 0 Å². The molecule has 0 aliphatic heterocycles. The summed E-state index contributed by atoms with van der Waals surface area (Å²) in [6.07, 6.45) is 2.05. The molecule has 1 atom stereocenters. The van der Waals surface area contributed by atoms with Crippen LogP contribution in [0.5, 0.6) is 0 Å². The summed E-state index contributed by atoms with van der Waals surface area (Å²) in [6.45, 7) is 2.20. The van der Waals surface area contributed by atoms with Gasteiger partial charge >= 0.3 is 17.1 Å². The van der Waals surface area contributed by atoms with Gasteiger partial charge in [-0.2, -0.15) is 35.9 Å². The molecule has 0 saturated heterocycles. The van der Waals surface area contributed by atoms with Gasteiger partial charge in [-0.05, 0) is 18.5 Å². The van der Waals surface area contributed by atoms with Crippen LogP contribution in [0, 0.1) is 0 Å². The first-order valence-corrected chi connectivity index (χ1v) is 13.4. The Hall–Kier alpha value is -3.55. The van der Waals surface area contributed by atoms with E-state index in [1.54, 1.807) is 0 Å². The van der Waals surface area contributed by atoms with Gasteiger partial charge in [0.25, 0.3) is 0 Å². The van der Waals surface area contributed by atoms with E-state index < -0.39 is 7.92 Å². The summed E-state index contributed by atoms with van der Waals surface area (Å²) in [7, 11) is -0.651. The van der Waals surface area contributed by atoms with E-state index in [2.05, 4.69) is 108 Å². The maximum atomic E-state index is 4.47. The van der Waals surface area contributed by atoms with Crippen LogP contribution in [0.4, 0.5) is 0 Å². The Balaban J connectivity index is 0.000000479. The van der Waals surface area contributed by atoms with Gasteiger partial charge in [-0.1, -0.05) is 103 Å². The van der Waals surface area contributed by atoms with Crippen LogP contribution in [0.1, 0.15) is 18.5 Å². The number of nitrogens with zero attached hydrogens (tertiary/aromatic N) is 3. The van der Waals surface area contributed by atoms with E-state index in [4.69, 9.17) is 0 Å². The van der Waals surface area contributed by atoms with Gasteiger partial charge in [-0.25, -0.2) is 18.2 Å². The number of aromatic nitrogens is 3. The minimum atomic E-state index is -0.651. The van der Waals surface area contributed by atoms with E-state index in [9.17, 15) is 0 Å². The van der Waals surface area contributed by atoms with Crippen LogP contribution in [0.15, 0.2) is 146 Å². The van der Waals surface area contributed by atoms with E-state index in [0.717, 1.165) is 11.3 Å². The molecule has 3 nitrogen and oxygen atoms in total. The van der Waals surface area contributed by atoms with Crippen LogP contribution in [-0.2, 0) is 17.1 Å². The average Bonchev–Trinajstić information content (AvgIpc) is 3.74. The smallest absolute Gasteiger partial charge is 0.257 e. The Morgan fingerprint density at radius 1 is 0.703 bits per heavy atom. The molecule has 0 N–H and O–H groups in total. The van der Waals surface area contributed by atoms with Crippen molar-refractivity contribution in [2.45, 2.75) is 13.0 Å². The first kappa shape index (κ1) is 26.5. The zero-order valence-corrected chi connectivity index (χ0v) is 22.6. The Morgan fingerprint density at radius 3 is 1.81 bits per heavy atom. The summed E-state index contributed by atoms with van der Waals surface area (Å²) in [5.74, 6) is 0. The van der Waals surface area contributed by atoms with E-state index in [1.165, 1.54) is 21.5 Å². The molecule has 0 saturated carbocycles. The van der Waals surface area contributed by atoms with E-state index in [-0.39, 0.29) is 23.1 Å². The zero-order chi connectivity index (χ0) is 24.6. The number of rotatable bonds is 6. The Labute approximate surface area is 230 Å². The summed E-state index contributed by atoms with van der Waals surface area (Å²) < 4.78 is 1.98. The Morgan fingerprint density at radius 2 is 1.27 bits per heavy atom. The van der Waals surface area contributed by atoms with Crippen LogP contribution in [-0.4, -0.2) is 15.0 Å². The van der Waals surface area contributed by atoms with Crippen LogP contribution in [0.25, 0.3) is 11.3 Å². The molecule has 0 unspecified atom stereocenters. The molecular formula is C32H28FeN3P. The van der Waals surface area contributed by atoms with Crippen LogP contribution < -0.4 is 15.9 Å². The molecule has 184 valence electrons. The van der Waals surface area contributed by atoms with Gasteiger partial charge < -0.3 is 0 Å². The molecule has 0 aliphatic carbocycles. The number of hydrogen-bond acceptors (Lipinski definition) is 2. The van der Waals surface area contributed by atoms with Gasteiger partial charge in [-0.15, -0.1) is 10.4 Å². The van der Waals surface area contributed by atoms with Gasteiger partial charge in [-0.3, -0.25) is 4.68 Å². The van der Waals surface area contributed by atoms with E-state index >= 15 is 0 Å². The summed E-state index contributed by atoms with van der Waals surface area (Å²) in [6, 6.07) is 48.6. The fourth-order valence-corrected chi connectivity index (χ4v) is 6.78. The Kier molecular flexibility index (Phi) is 9.40. The minimum Gasteiger partial charge on any atom is -0.257 e. The molecular weight excluding hydrogens is 513 g/mol. The molecule has 1 heterocycles. The van der Waals surface area contributed by atoms with Gasteiger partial charge in [0.1, 0.15) is 5.69 Å². The first-order chi connectivity index (χ1) is 17.8. The molecule has 0 radical (unpaired) electrons. The molecule has 0 spiro atoms. The summed E-state index contributed by atoms with van der Waals surface area (Å²) >= 11 is 0. The second-order valence-corrected chi connectivity index (χ2v) is 10.6. The van der Waals surface area contributed by atoms with Crippen molar-refractivity contribution in [3.05, 3.63) is 151 Å². The predicted octanol–water partition coefficient (Wildman–Crippen LogP) is 6.43. The molecule has 0 bridgehead atoms. The van der Waals surface area contributed by atoms with Gasteiger partial charge in [0.2, 0.25) is 0 Å². The molecule has 37 heavy (non-hydrogen) atoms. The SMILES string of the molecule is C[C@@H](c1cc[cH-]c1P(c1ccccc1)c1ccccc1)n1cc(-c2ccccc2)nn1.[Fe+2].c1cc[cH-]c1. The molecule has 5 aromatic carbocycles. The summed E-state index contributed by atoms with van der Waals surface area (Å²) in [5.41, 5.74) is 3.27. The van der Waals surface area contributed by atoms with Gasteiger partial charge in [0.05, 0.1) is 6.20 Å². The van der Waals surface area contributed by atoms with E-state index in [1.807, 2.05) is 59.4 Å². The molecule has 0 amide bonds. The third kappa shape index (κ3) is 6.42. The minimum absolute atomic E-state index is 0. The van der Waals surface area contributed by atoms with Crippen molar-refractivity contribution in [1.82, 2.24) is 15.0 Å². The zero-order valence-electron chi connectivity index (χ0n) is 20.6. The van der Waals surface area contributed by atoms with Crippen molar-refractivity contribution in [3.8, 4) is 11.3 Å². The van der Waals surface area contributed by atoms with Crippen molar-refractivity contribution < 1.29 is 17.1 Å². The fraction of sp³-hybridized carbons (Fsp3) is 0.0625. The largest absolute Gasteiger partial charge is 2.00 e. The number of hydrogen-bond donors (Lipinski definition) is 0. The second kappa shape index (κ2) is 13.1. The van der Waals surface area contributed by atoms with Crippen molar-refractivity contribution in [2.75, 3.05) is 0 Å². The predicted molar refractivity (Wildman–Crippen MR) is 152 cm³/mol. The van der Waals surface area contributed by atoms with Crippen LogP contribution in [0.2, 0.25) is 0 Å². The molecule has 6 aromatic rings. The summed E-state index contributed by atoms with van der Waals surface area (Å²) in [4.78, 5) is 0. The maximum Gasteiger partial charge on any atom is 2.00 e. The first-order valence-electron chi connectivity index (χ1n) is 12.1. The van der Waals surface area contributed by atoms with Crippen molar-refractivity contribution in [3.63, 3.8) is 0 Å². The molecule has 6 rings (SSSR count). The molecule has 5 heteroatoms. The monoisotopic (exact) mass is 541 g/mol. The maximum absolute atomic E-state index is 4.47. The average molecular weight is 541 g/mol. The second-order valence-electron chi connectivity index (χ2n) is 8.46. The van der Waals surface area contributed by atoms with Gasteiger partial charge in [0, 0.05) is 11.6 Å². The van der Waals surface area contributed by atoms with Crippen molar-refractivity contribution in [1.29, 1.82) is 0 Å². The standard InChI is InChI=1S/C27H23N3P.C5H5.Fe/c1-21(30-20-26(28-29-30)22-12-5-2-6-13-22)25-18-11-19-27(25)31(23-14-7-3-8-15-23)24-16-9-4-10-17-24;1-2-4-5-3-1;/h2-21H,1H3;1-5H;/q2*-1;+2/t21-;;/m0../s1. The van der Waals surface area contributed by atoms with E-state index in [0.29, 0.717) is 0 Å². The Bertz CT molecular complexity index is 1390. The third-order valence-corrected chi connectivity index (χ3v) is 8.60. The van der Waals surface area contributed by atoms with Crippen LogP contribution >= 0.6 is 7.92 Å². The van der Waals surface area contributed by atoms with Crippen molar-refractivity contribution in [2.24, 2.45) is 0 Å². The number of benzene rings is 3. The van der Waals surface area contributed by atoms with Crippen LogP contribution in [0.3, 0.4) is 0 Å². The fourth-order valence-electron chi connectivity index (χ4n) is 4.23. The molecule has 0 aliphatic rings. The molecule has 0 fully saturated rings. The molecule has 1 aromatic heterocycles. The normalized spacial score (nSPS) is 11.3. The van der Waals surface area contributed by atoms with Crippen molar-refractivity contribution >= 4 is 23.8 Å². The topological polar surface area (TPSA) is 30.7 Å². The third-order valence-electron chi connectivity index (χ3n) is 6.08. The summed E-state index contributed by atoms with van der Waals surface area (Å²) in [5, 5.41) is 13.0.